The van der Waals surface area contributed by atoms with Gasteiger partial charge in [-0.2, -0.15) is 13.2 Å². The fraction of sp³-hybridized carbons (Fsp3) is 0.308. The maximum atomic E-state index is 12.2. The average Bonchev–Trinajstić information content (AvgIpc) is 2.29. The molecule has 0 aliphatic heterocycles. The van der Waals surface area contributed by atoms with Gasteiger partial charge in [-0.1, -0.05) is 36.9 Å². The van der Waals surface area contributed by atoms with Crippen LogP contribution in [0.5, 0.6) is 0 Å². The van der Waals surface area contributed by atoms with E-state index >= 15 is 0 Å². The molecule has 0 spiro atoms. The molecule has 0 N–H and O–H groups in total. The molecule has 1 aromatic carbocycles. The highest BCUT2D eigenvalue weighted by Crippen LogP contribution is 2.29. The molecule has 0 saturated carbocycles. The van der Waals surface area contributed by atoms with Crippen LogP contribution >= 0.6 is 0 Å². The second-order valence-electron chi connectivity index (χ2n) is 3.72. The molecular formula is C13H13F3O. The van der Waals surface area contributed by atoms with Crippen LogP contribution in [0.15, 0.2) is 43.0 Å². The number of ketones is 1. The number of benzene rings is 1. The van der Waals surface area contributed by atoms with E-state index in [0.29, 0.717) is 5.56 Å². The van der Waals surface area contributed by atoms with E-state index in [-0.39, 0.29) is 12.2 Å². The van der Waals surface area contributed by atoms with Crippen LogP contribution in [0.3, 0.4) is 0 Å². The van der Waals surface area contributed by atoms with Crippen molar-refractivity contribution in [1.29, 1.82) is 0 Å². The molecule has 0 heterocycles. The molecule has 0 radical (unpaired) electrons. The van der Waals surface area contributed by atoms with E-state index in [2.05, 4.69) is 6.58 Å². The molecule has 0 aliphatic rings. The van der Waals surface area contributed by atoms with E-state index < -0.39 is 18.5 Å². The molecule has 0 saturated heterocycles. The number of halogens is 3. The largest absolute Gasteiger partial charge is 0.389 e. The quantitative estimate of drug-likeness (QED) is 0.716. The maximum Gasteiger partial charge on any atom is 0.389 e. The van der Waals surface area contributed by atoms with Gasteiger partial charge in [-0.05, 0) is 18.1 Å². The first-order chi connectivity index (χ1) is 7.94. The van der Waals surface area contributed by atoms with Crippen LogP contribution in [0.4, 0.5) is 13.2 Å². The molecule has 0 amide bonds. The third-order valence-electron chi connectivity index (χ3n) is 2.46. The zero-order valence-corrected chi connectivity index (χ0v) is 9.20. The molecule has 92 valence electrons. The van der Waals surface area contributed by atoms with E-state index in [1.807, 2.05) is 0 Å². The van der Waals surface area contributed by atoms with Crippen LogP contribution in [0.1, 0.15) is 24.3 Å². The van der Waals surface area contributed by atoms with Gasteiger partial charge in [-0.3, -0.25) is 4.79 Å². The number of carbonyl (C=O) groups is 1. The highest BCUT2D eigenvalue weighted by atomic mass is 19.4. The molecule has 4 heteroatoms. The van der Waals surface area contributed by atoms with Crippen molar-refractivity contribution in [2.75, 3.05) is 0 Å². The van der Waals surface area contributed by atoms with Crippen molar-refractivity contribution >= 4 is 5.78 Å². The standard InChI is InChI=1S/C13H13F3O/c1-2-12(17)11(8-9-13(14,15)16)10-6-4-3-5-7-10/h2-7,11H,1,8-9H2. The van der Waals surface area contributed by atoms with Crippen molar-refractivity contribution in [2.24, 2.45) is 0 Å². The number of allylic oxidation sites excluding steroid dienone is 1. The van der Waals surface area contributed by atoms with Crippen LogP contribution in [-0.2, 0) is 4.79 Å². The van der Waals surface area contributed by atoms with Gasteiger partial charge in [0, 0.05) is 12.3 Å². The normalized spacial score (nSPS) is 13.1. The molecule has 0 fully saturated rings. The SMILES string of the molecule is C=CC(=O)C(CCC(F)(F)F)c1ccccc1. The number of carbonyl (C=O) groups excluding carboxylic acids is 1. The maximum absolute atomic E-state index is 12.2. The summed E-state index contributed by atoms with van der Waals surface area (Å²) in [5.74, 6) is -1.13. The Kier molecular flexibility index (Phi) is 4.49. The molecule has 0 aliphatic carbocycles. The topological polar surface area (TPSA) is 17.1 Å². The summed E-state index contributed by atoms with van der Waals surface area (Å²) in [4.78, 5) is 11.5. The fourth-order valence-electron chi connectivity index (χ4n) is 1.61. The first-order valence-electron chi connectivity index (χ1n) is 5.22. The van der Waals surface area contributed by atoms with Gasteiger partial charge in [0.25, 0.3) is 0 Å². The first-order valence-corrected chi connectivity index (χ1v) is 5.22. The Morgan fingerprint density at radius 3 is 2.35 bits per heavy atom. The summed E-state index contributed by atoms with van der Waals surface area (Å²) < 4.78 is 36.5. The van der Waals surface area contributed by atoms with E-state index in [1.54, 1.807) is 30.3 Å². The van der Waals surface area contributed by atoms with Gasteiger partial charge < -0.3 is 0 Å². The first kappa shape index (κ1) is 13.5. The summed E-state index contributed by atoms with van der Waals surface area (Å²) in [5.41, 5.74) is 0.599. The molecule has 17 heavy (non-hydrogen) atoms. The molecule has 1 aromatic rings. The van der Waals surface area contributed by atoms with E-state index in [4.69, 9.17) is 0 Å². The summed E-state index contributed by atoms with van der Waals surface area (Å²) in [5, 5.41) is 0. The van der Waals surface area contributed by atoms with Crippen molar-refractivity contribution < 1.29 is 18.0 Å². The lowest BCUT2D eigenvalue weighted by atomic mass is 9.90. The van der Waals surface area contributed by atoms with Gasteiger partial charge in [0.05, 0.1) is 0 Å². The number of alkyl halides is 3. The van der Waals surface area contributed by atoms with Gasteiger partial charge in [0.1, 0.15) is 0 Å². The predicted octanol–water partition coefficient (Wildman–Crippen LogP) is 3.87. The van der Waals surface area contributed by atoms with Crippen LogP contribution in [0.2, 0.25) is 0 Å². The molecule has 0 bridgehead atoms. The Balaban J connectivity index is 2.82. The lowest BCUT2D eigenvalue weighted by Gasteiger charge is -2.15. The van der Waals surface area contributed by atoms with Crippen molar-refractivity contribution in [2.45, 2.75) is 24.9 Å². The molecule has 1 rings (SSSR count). The zero-order valence-electron chi connectivity index (χ0n) is 9.20. The second-order valence-corrected chi connectivity index (χ2v) is 3.72. The predicted molar refractivity (Wildman–Crippen MR) is 59.7 cm³/mol. The van der Waals surface area contributed by atoms with E-state index in [1.165, 1.54) is 0 Å². The average molecular weight is 242 g/mol. The Labute approximate surface area is 98.0 Å². The van der Waals surface area contributed by atoms with Gasteiger partial charge in [0.2, 0.25) is 0 Å². The van der Waals surface area contributed by atoms with Gasteiger partial charge in [0.15, 0.2) is 5.78 Å². The smallest absolute Gasteiger partial charge is 0.294 e. The van der Waals surface area contributed by atoms with Crippen molar-refractivity contribution in [1.82, 2.24) is 0 Å². The molecule has 1 unspecified atom stereocenters. The minimum Gasteiger partial charge on any atom is -0.294 e. The van der Waals surface area contributed by atoms with E-state index in [0.717, 1.165) is 6.08 Å². The van der Waals surface area contributed by atoms with Crippen LogP contribution in [0.25, 0.3) is 0 Å². The van der Waals surface area contributed by atoms with Crippen LogP contribution < -0.4 is 0 Å². The van der Waals surface area contributed by atoms with Gasteiger partial charge in [-0.25, -0.2) is 0 Å². The van der Waals surface area contributed by atoms with Crippen molar-refractivity contribution in [3.05, 3.63) is 48.6 Å². The van der Waals surface area contributed by atoms with E-state index in [9.17, 15) is 18.0 Å². The monoisotopic (exact) mass is 242 g/mol. The van der Waals surface area contributed by atoms with Gasteiger partial charge >= 0.3 is 6.18 Å². The molecular weight excluding hydrogens is 229 g/mol. The molecule has 1 atom stereocenters. The molecule has 1 nitrogen and oxygen atoms in total. The Hall–Kier alpha value is -1.58. The van der Waals surface area contributed by atoms with Crippen LogP contribution in [-0.4, -0.2) is 12.0 Å². The highest BCUT2D eigenvalue weighted by Gasteiger charge is 2.30. The minimum atomic E-state index is -4.24. The summed E-state index contributed by atoms with van der Waals surface area (Å²) in [6.45, 7) is 3.32. The van der Waals surface area contributed by atoms with Crippen LogP contribution in [0, 0.1) is 0 Å². The van der Waals surface area contributed by atoms with Crippen molar-refractivity contribution in [3.63, 3.8) is 0 Å². The number of hydrogen-bond donors (Lipinski definition) is 0. The Morgan fingerprint density at radius 1 is 1.29 bits per heavy atom. The second kappa shape index (κ2) is 5.66. The summed E-state index contributed by atoms with van der Waals surface area (Å²) >= 11 is 0. The summed E-state index contributed by atoms with van der Waals surface area (Å²) in [7, 11) is 0. The third-order valence-corrected chi connectivity index (χ3v) is 2.46. The fourth-order valence-corrected chi connectivity index (χ4v) is 1.61. The lowest BCUT2D eigenvalue weighted by molar-refractivity contribution is -0.137. The summed E-state index contributed by atoms with van der Waals surface area (Å²) in [6, 6.07) is 8.46. The van der Waals surface area contributed by atoms with Crippen molar-refractivity contribution in [3.8, 4) is 0 Å². The lowest BCUT2D eigenvalue weighted by Crippen LogP contribution is -2.15. The highest BCUT2D eigenvalue weighted by molar-refractivity contribution is 5.94. The Morgan fingerprint density at radius 2 is 1.88 bits per heavy atom. The summed E-state index contributed by atoms with van der Waals surface area (Å²) in [6.07, 6.45) is -4.37. The van der Waals surface area contributed by atoms with Gasteiger partial charge in [-0.15, -0.1) is 0 Å². The molecule has 0 aromatic heterocycles. The Bertz CT molecular complexity index is 381. The number of rotatable bonds is 5. The third kappa shape index (κ3) is 4.43. The minimum absolute atomic E-state index is 0.238. The zero-order chi connectivity index (χ0) is 12.9. The number of hydrogen-bond acceptors (Lipinski definition) is 1.